The number of amidine groups is 1. The highest BCUT2D eigenvalue weighted by molar-refractivity contribution is 5.98. The maximum absolute atomic E-state index is 12.0. The van der Waals surface area contributed by atoms with Crippen LogP contribution in [0.1, 0.15) is 5.56 Å². The minimum absolute atomic E-state index is 0.0852. The molecule has 0 atom stereocenters. The zero-order valence-corrected chi connectivity index (χ0v) is 9.90. The highest BCUT2D eigenvalue weighted by Crippen LogP contribution is 2.14. The molecule has 7 heteroatoms. The van der Waals surface area contributed by atoms with Crippen LogP contribution in [-0.2, 0) is 4.74 Å². The van der Waals surface area contributed by atoms with Crippen LogP contribution in [0.2, 0.25) is 0 Å². The van der Waals surface area contributed by atoms with Crippen molar-refractivity contribution in [3.05, 3.63) is 29.8 Å². The first-order valence-electron chi connectivity index (χ1n) is 5.22. The van der Waals surface area contributed by atoms with Gasteiger partial charge in [0.15, 0.2) is 0 Å². The summed E-state index contributed by atoms with van der Waals surface area (Å²) in [5, 5.41) is 0. The van der Waals surface area contributed by atoms with E-state index in [0.29, 0.717) is 24.6 Å². The van der Waals surface area contributed by atoms with E-state index in [0.717, 1.165) is 0 Å². The summed E-state index contributed by atoms with van der Waals surface area (Å²) >= 11 is 0. The first-order chi connectivity index (χ1) is 8.67. The number of rotatable bonds is 6. The number of methoxy groups -OCH3 is 1. The maximum atomic E-state index is 12.0. The Kier molecular flexibility index (Phi) is 6.03. The first kappa shape index (κ1) is 14.3. The molecular weight excluding hydrogens is 244 g/mol. The van der Waals surface area contributed by atoms with Gasteiger partial charge in [-0.1, -0.05) is 0 Å². The predicted octanol–water partition coefficient (Wildman–Crippen LogP) is 1.14. The lowest BCUT2D eigenvalue weighted by molar-refractivity contribution is -0.0498. The number of halogens is 2. The van der Waals surface area contributed by atoms with E-state index in [1.54, 1.807) is 19.2 Å². The van der Waals surface area contributed by atoms with E-state index < -0.39 is 6.61 Å². The molecule has 0 aliphatic carbocycles. The molecule has 18 heavy (non-hydrogen) atoms. The van der Waals surface area contributed by atoms with E-state index in [1.165, 1.54) is 12.1 Å². The molecule has 5 nitrogen and oxygen atoms in total. The second-order valence-electron chi connectivity index (χ2n) is 3.27. The van der Waals surface area contributed by atoms with Gasteiger partial charge in [-0.2, -0.15) is 8.78 Å². The van der Waals surface area contributed by atoms with Crippen molar-refractivity contribution in [3.63, 3.8) is 0 Å². The van der Waals surface area contributed by atoms with Crippen LogP contribution >= 0.6 is 0 Å². The number of nitrogens with zero attached hydrogens (tertiary/aromatic N) is 1. The number of benzene rings is 1. The van der Waals surface area contributed by atoms with Crippen molar-refractivity contribution in [2.45, 2.75) is 6.61 Å². The van der Waals surface area contributed by atoms with Gasteiger partial charge in [0.05, 0.1) is 13.2 Å². The lowest BCUT2D eigenvalue weighted by Crippen LogP contribution is -2.31. The average Bonchev–Trinajstić information content (AvgIpc) is 2.35. The molecule has 1 aromatic carbocycles. The van der Waals surface area contributed by atoms with E-state index in [-0.39, 0.29) is 5.75 Å². The third kappa shape index (κ3) is 4.64. The third-order valence-corrected chi connectivity index (χ3v) is 2.05. The SMILES string of the molecule is COCCN=C(NN)c1ccc(OC(F)F)cc1. The van der Waals surface area contributed by atoms with Crippen LogP contribution in [0, 0.1) is 0 Å². The molecule has 1 rings (SSSR count). The lowest BCUT2D eigenvalue weighted by Gasteiger charge is -2.08. The van der Waals surface area contributed by atoms with Crippen molar-refractivity contribution in [2.24, 2.45) is 10.8 Å². The number of hydrogen-bond donors (Lipinski definition) is 2. The van der Waals surface area contributed by atoms with Gasteiger partial charge in [0.2, 0.25) is 0 Å². The Morgan fingerprint density at radius 1 is 1.39 bits per heavy atom. The zero-order chi connectivity index (χ0) is 13.4. The van der Waals surface area contributed by atoms with E-state index >= 15 is 0 Å². The summed E-state index contributed by atoms with van der Waals surface area (Å²) in [6.45, 7) is -1.92. The van der Waals surface area contributed by atoms with Gasteiger partial charge in [0.1, 0.15) is 11.6 Å². The van der Waals surface area contributed by atoms with E-state index in [1.807, 2.05) is 0 Å². The summed E-state index contributed by atoms with van der Waals surface area (Å²) in [5.74, 6) is 5.87. The molecule has 0 radical (unpaired) electrons. The van der Waals surface area contributed by atoms with Gasteiger partial charge < -0.3 is 14.9 Å². The predicted molar refractivity (Wildman–Crippen MR) is 63.7 cm³/mol. The number of alkyl halides is 2. The van der Waals surface area contributed by atoms with Gasteiger partial charge in [-0.3, -0.25) is 4.99 Å². The maximum Gasteiger partial charge on any atom is 0.387 e. The zero-order valence-electron chi connectivity index (χ0n) is 9.90. The van der Waals surface area contributed by atoms with Crippen molar-refractivity contribution >= 4 is 5.84 Å². The molecule has 0 bridgehead atoms. The molecule has 1 aromatic rings. The van der Waals surface area contributed by atoms with Crippen molar-refractivity contribution in [1.82, 2.24) is 5.43 Å². The smallest absolute Gasteiger partial charge is 0.387 e. The molecule has 0 amide bonds. The largest absolute Gasteiger partial charge is 0.435 e. The Hall–Kier alpha value is -1.73. The molecule has 0 spiro atoms. The van der Waals surface area contributed by atoms with Crippen molar-refractivity contribution < 1.29 is 18.3 Å². The minimum Gasteiger partial charge on any atom is -0.435 e. The fourth-order valence-corrected chi connectivity index (χ4v) is 1.26. The quantitative estimate of drug-likeness (QED) is 0.264. The Morgan fingerprint density at radius 3 is 2.56 bits per heavy atom. The van der Waals surface area contributed by atoms with Crippen LogP contribution in [0.5, 0.6) is 5.75 Å². The summed E-state index contributed by atoms with van der Waals surface area (Å²) in [6, 6.07) is 6.02. The number of hydrazine groups is 1. The topological polar surface area (TPSA) is 68.9 Å². The van der Waals surface area contributed by atoms with Gasteiger partial charge in [-0.15, -0.1) is 0 Å². The second-order valence-corrected chi connectivity index (χ2v) is 3.27. The van der Waals surface area contributed by atoms with E-state index in [4.69, 9.17) is 10.6 Å². The number of hydrogen-bond acceptors (Lipinski definition) is 4. The Bertz CT molecular complexity index is 382. The van der Waals surface area contributed by atoms with Crippen LogP contribution in [0.25, 0.3) is 0 Å². The van der Waals surface area contributed by atoms with Crippen LogP contribution in [0.15, 0.2) is 29.3 Å². The van der Waals surface area contributed by atoms with Crippen LogP contribution in [0.3, 0.4) is 0 Å². The molecule has 0 aromatic heterocycles. The fraction of sp³-hybridized carbons (Fsp3) is 0.364. The Morgan fingerprint density at radius 2 is 2.06 bits per heavy atom. The van der Waals surface area contributed by atoms with Crippen LogP contribution in [-0.4, -0.2) is 32.7 Å². The Balaban J connectivity index is 2.72. The molecular formula is C11H15F2N3O2. The van der Waals surface area contributed by atoms with E-state index in [2.05, 4.69) is 15.2 Å². The average molecular weight is 259 g/mol. The normalized spacial score (nSPS) is 11.7. The number of aliphatic imine (C=N–C) groups is 1. The number of ether oxygens (including phenoxy) is 2. The fourth-order valence-electron chi connectivity index (χ4n) is 1.26. The highest BCUT2D eigenvalue weighted by Gasteiger charge is 2.05. The van der Waals surface area contributed by atoms with E-state index in [9.17, 15) is 8.78 Å². The van der Waals surface area contributed by atoms with Crippen LogP contribution < -0.4 is 16.0 Å². The summed E-state index contributed by atoms with van der Waals surface area (Å²) in [5.41, 5.74) is 3.12. The molecule has 0 heterocycles. The van der Waals surface area contributed by atoms with Gasteiger partial charge in [-0.25, -0.2) is 5.84 Å². The third-order valence-electron chi connectivity index (χ3n) is 2.05. The molecule has 0 aliphatic heterocycles. The Labute approximate surface area is 104 Å². The van der Waals surface area contributed by atoms with Crippen molar-refractivity contribution in [2.75, 3.05) is 20.3 Å². The molecule has 0 fully saturated rings. The molecule has 0 unspecified atom stereocenters. The number of nitrogens with two attached hydrogens (primary N) is 1. The molecule has 0 aliphatic rings. The second kappa shape index (κ2) is 7.57. The van der Waals surface area contributed by atoms with Gasteiger partial charge >= 0.3 is 6.61 Å². The summed E-state index contributed by atoms with van der Waals surface area (Å²) in [4.78, 5) is 4.16. The number of nitrogens with one attached hydrogen (secondary N) is 1. The standard InChI is InChI=1S/C11H15F2N3O2/c1-17-7-6-15-10(16-14)8-2-4-9(5-3-8)18-11(12)13/h2-5,11H,6-7,14H2,1H3,(H,15,16). The van der Waals surface area contributed by atoms with Crippen LogP contribution in [0.4, 0.5) is 8.78 Å². The molecule has 3 N–H and O–H groups in total. The van der Waals surface area contributed by atoms with Crippen molar-refractivity contribution in [1.29, 1.82) is 0 Å². The van der Waals surface area contributed by atoms with Gasteiger partial charge in [-0.05, 0) is 24.3 Å². The van der Waals surface area contributed by atoms with Crippen molar-refractivity contribution in [3.8, 4) is 5.75 Å². The summed E-state index contributed by atoms with van der Waals surface area (Å²) in [7, 11) is 1.57. The lowest BCUT2D eigenvalue weighted by atomic mass is 10.2. The summed E-state index contributed by atoms with van der Waals surface area (Å²) in [6.07, 6.45) is 0. The molecule has 0 saturated carbocycles. The van der Waals surface area contributed by atoms with Gasteiger partial charge in [0.25, 0.3) is 0 Å². The molecule has 100 valence electrons. The monoisotopic (exact) mass is 259 g/mol. The highest BCUT2D eigenvalue weighted by atomic mass is 19.3. The first-order valence-corrected chi connectivity index (χ1v) is 5.22. The van der Waals surface area contributed by atoms with Gasteiger partial charge in [0, 0.05) is 12.7 Å². The minimum atomic E-state index is -2.83. The summed E-state index contributed by atoms with van der Waals surface area (Å²) < 4.78 is 33.0. The molecule has 0 saturated heterocycles.